The third-order valence-electron chi connectivity index (χ3n) is 2.73. The first kappa shape index (κ1) is 18.8. The van der Waals surface area contributed by atoms with Gasteiger partial charge >= 0.3 is 12.2 Å². The van der Waals surface area contributed by atoms with Gasteiger partial charge in [0.05, 0.1) is 5.54 Å². The summed E-state index contributed by atoms with van der Waals surface area (Å²) in [6.45, 7) is 9.28. The van der Waals surface area contributed by atoms with Crippen LogP contribution in [0.1, 0.15) is 34.6 Å². The fourth-order valence-electron chi connectivity index (χ4n) is 1.94. The molecule has 0 radical (unpaired) electrons. The second-order valence-corrected chi connectivity index (χ2v) is 7.05. The number of para-hydroxylation sites is 1. The Labute approximate surface area is 137 Å². The van der Waals surface area contributed by atoms with Crippen LogP contribution in [0, 0.1) is 0 Å². The number of benzene rings is 1. The molecular weight excluding hydrogens is 296 g/mol. The van der Waals surface area contributed by atoms with Crippen LogP contribution in [0.15, 0.2) is 30.3 Å². The number of carbonyl (C=O) groups excluding carboxylic acids is 2. The second-order valence-electron chi connectivity index (χ2n) is 7.05. The van der Waals surface area contributed by atoms with Gasteiger partial charge in [0.25, 0.3) is 0 Å². The fraction of sp³-hybridized carbons (Fsp3) is 0.529. The van der Waals surface area contributed by atoms with Gasteiger partial charge in [-0.3, -0.25) is 0 Å². The van der Waals surface area contributed by atoms with E-state index in [9.17, 15) is 9.59 Å². The highest BCUT2D eigenvalue weighted by Crippen LogP contribution is 2.13. The molecule has 0 spiro atoms. The normalized spacial score (nSPS) is 11.6. The molecule has 0 saturated heterocycles. The summed E-state index contributed by atoms with van der Waals surface area (Å²) in [4.78, 5) is 25.3. The number of amides is 2. The van der Waals surface area contributed by atoms with E-state index in [2.05, 4.69) is 5.32 Å². The molecule has 0 fully saturated rings. The summed E-state index contributed by atoms with van der Waals surface area (Å²) in [7, 11) is 1.61. The third kappa shape index (κ3) is 7.54. The van der Waals surface area contributed by atoms with Crippen molar-refractivity contribution in [2.24, 2.45) is 0 Å². The van der Waals surface area contributed by atoms with Crippen LogP contribution in [0.25, 0.3) is 0 Å². The first-order valence-electron chi connectivity index (χ1n) is 7.48. The Hall–Kier alpha value is -2.24. The molecule has 1 rings (SSSR count). The van der Waals surface area contributed by atoms with Gasteiger partial charge in [0.2, 0.25) is 0 Å². The largest absolute Gasteiger partial charge is 0.444 e. The minimum atomic E-state index is -0.660. The second kappa shape index (κ2) is 7.35. The number of nitrogens with one attached hydrogen (secondary N) is 1. The van der Waals surface area contributed by atoms with Crippen LogP contribution in [0.3, 0.4) is 0 Å². The van der Waals surface area contributed by atoms with E-state index in [1.165, 1.54) is 4.90 Å². The Kier molecular flexibility index (Phi) is 6.01. The van der Waals surface area contributed by atoms with E-state index in [4.69, 9.17) is 9.47 Å². The maximum Gasteiger partial charge on any atom is 0.415 e. The van der Waals surface area contributed by atoms with Crippen molar-refractivity contribution in [3.8, 4) is 5.75 Å². The monoisotopic (exact) mass is 322 g/mol. The first-order valence-corrected chi connectivity index (χ1v) is 7.48. The molecule has 2 amide bonds. The zero-order valence-electron chi connectivity index (χ0n) is 14.7. The number of rotatable bonds is 4. The van der Waals surface area contributed by atoms with Crippen LogP contribution >= 0.6 is 0 Å². The van der Waals surface area contributed by atoms with Gasteiger partial charge in [0.15, 0.2) is 0 Å². The first-order chi connectivity index (χ1) is 10.5. The number of carbonyl (C=O) groups is 2. The smallest absolute Gasteiger partial charge is 0.415 e. The van der Waals surface area contributed by atoms with Crippen molar-refractivity contribution < 1.29 is 19.1 Å². The summed E-state index contributed by atoms with van der Waals surface area (Å²) < 4.78 is 10.5. The fourth-order valence-corrected chi connectivity index (χ4v) is 1.94. The number of likely N-dealkylation sites (N-methyl/N-ethyl adjacent to an activating group) is 1. The SMILES string of the molecule is CN(CC(C)(C)NC(=O)OC(C)(C)C)C(=O)Oc1ccccc1. The molecule has 0 saturated carbocycles. The Morgan fingerprint density at radius 3 is 2.17 bits per heavy atom. The number of alkyl carbamates (subject to hydrolysis) is 1. The quantitative estimate of drug-likeness (QED) is 0.922. The predicted octanol–water partition coefficient (Wildman–Crippen LogP) is 3.42. The summed E-state index contributed by atoms with van der Waals surface area (Å²) in [5.74, 6) is 0.474. The van der Waals surface area contributed by atoms with Crippen molar-refractivity contribution in [1.29, 1.82) is 0 Å². The minimum absolute atomic E-state index is 0.276. The minimum Gasteiger partial charge on any atom is -0.444 e. The Morgan fingerprint density at radius 1 is 1.09 bits per heavy atom. The van der Waals surface area contributed by atoms with Gasteiger partial charge in [0.1, 0.15) is 11.4 Å². The van der Waals surface area contributed by atoms with E-state index >= 15 is 0 Å². The van der Waals surface area contributed by atoms with E-state index in [1.807, 2.05) is 19.9 Å². The summed E-state index contributed by atoms with van der Waals surface area (Å²) in [5.41, 5.74) is -1.23. The summed E-state index contributed by atoms with van der Waals surface area (Å²) in [6.07, 6.45) is -1.01. The van der Waals surface area contributed by atoms with Crippen LogP contribution in [0.5, 0.6) is 5.75 Å². The molecular formula is C17H26N2O4. The van der Waals surface area contributed by atoms with Crippen molar-refractivity contribution >= 4 is 12.2 Å². The predicted molar refractivity (Wildman–Crippen MR) is 88.5 cm³/mol. The Balaban J connectivity index is 2.55. The number of nitrogens with zero attached hydrogens (tertiary/aromatic N) is 1. The standard InChI is InChI=1S/C17H26N2O4/c1-16(2,3)23-14(20)18-17(4,5)12-19(6)15(21)22-13-10-8-7-9-11-13/h7-11H,12H2,1-6H3,(H,18,20). The van der Waals surface area contributed by atoms with E-state index in [1.54, 1.807) is 52.1 Å². The van der Waals surface area contributed by atoms with Crippen LogP contribution in [-0.2, 0) is 4.74 Å². The van der Waals surface area contributed by atoms with Crippen LogP contribution in [-0.4, -0.2) is 41.8 Å². The molecule has 23 heavy (non-hydrogen) atoms. The summed E-state index contributed by atoms with van der Waals surface area (Å²) in [6, 6.07) is 8.83. The molecule has 0 aliphatic carbocycles. The average Bonchev–Trinajstić information content (AvgIpc) is 2.35. The maximum absolute atomic E-state index is 12.1. The van der Waals surface area contributed by atoms with Crippen LogP contribution in [0.2, 0.25) is 0 Å². The zero-order valence-corrected chi connectivity index (χ0v) is 14.7. The van der Waals surface area contributed by atoms with E-state index in [0.29, 0.717) is 5.75 Å². The van der Waals surface area contributed by atoms with Gasteiger partial charge in [-0.15, -0.1) is 0 Å². The molecule has 0 bridgehead atoms. The van der Waals surface area contributed by atoms with Crippen molar-refractivity contribution in [3.63, 3.8) is 0 Å². The lowest BCUT2D eigenvalue weighted by Gasteiger charge is -2.31. The van der Waals surface area contributed by atoms with Crippen molar-refractivity contribution in [1.82, 2.24) is 10.2 Å². The Bertz CT molecular complexity index is 535. The molecule has 0 atom stereocenters. The lowest BCUT2D eigenvalue weighted by Crippen LogP contribution is -2.53. The van der Waals surface area contributed by atoms with Gasteiger partial charge in [-0.05, 0) is 46.8 Å². The van der Waals surface area contributed by atoms with Gasteiger partial charge in [-0.2, -0.15) is 0 Å². The maximum atomic E-state index is 12.1. The topological polar surface area (TPSA) is 67.9 Å². The lowest BCUT2D eigenvalue weighted by molar-refractivity contribution is 0.0453. The molecule has 1 N–H and O–H groups in total. The molecule has 0 heterocycles. The number of hydrogen-bond donors (Lipinski definition) is 1. The third-order valence-corrected chi connectivity index (χ3v) is 2.73. The highest BCUT2D eigenvalue weighted by molar-refractivity contribution is 5.71. The number of ether oxygens (including phenoxy) is 2. The molecule has 0 aliphatic rings. The van der Waals surface area contributed by atoms with E-state index < -0.39 is 23.3 Å². The molecule has 6 heteroatoms. The number of hydrogen-bond acceptors (Lipinski definition) is 4. The molecule has 6 nitrogen and oxygen atoms in total. The van der Waals surface area contributed by atoms with Gasteiger partial charge in [-0.25, -0.2) is 9.59 Å². The Morgan fingerprint density at radius 2 is 1.65 bits per heavy atom. The molecule has 128 valence electrons. The highest BCUT2D eigenvalue weighted by atomic mass is 16.6. The average molecular weight is 322 g/mol. The molecule has 1 aromatic rings. The van der Waals surface area contributed by atoms with Gasteiger partial charge in [-0.1, -0.05) is 18.2 Å². The summed E-state index contributed by atoms with van der Waals surface area (Å²) >= 11 is 0. The van der Waals surface area contributed by atoms with E-state index in [0.717, 1.165) is 0 Å². The summed E-state index contributed by atoms with van der Waals surface area (Å²) in [5, 5.41) is 2.75. The highest BCUT2D eigenvalue weighted by Gasteiger charge is 2.27. The van der Waals surface area contributed by atoms with E-state index in [-0.39, 0.29) is 6.54 Å². The van der Waals surface area contributed by atoms with Crippen molar-refractivity contribution in [3.05, 3.63) is 30.3 Å². The van der Waals surface area contributed by atoms with Gasteiger partial charge < -0.3 is 19.7 Å². The van der Waals surface area contributed by atoms with Crippen LogP contribution < -0.4 is 10.1 Å². The van der Waals surface area contributed by atoms with Crippen molar-refractivity contribution in [2.45, 2.75) is 45.8 Å². The molecule has 0 aromatic heterocycles. The molecule has 0 unspecified atom stereocenters. The van der Waals surface area contributed by atoms with Gasteiger partial charge in [0, 0.05) is 13.6 Å². The lowest BCUT2D eigenvalue weighted by atomic mass is 10.1. The molecule has 0 aliphatic heterocycles. The van der Waals surface area contributed by atoms with Crippen LogP contribution in [0.4, 0.5) is 9.59 Å². The van der Waals surface area contributed by atoms with Crippen molar-refractivity contribution in [2.75, 3.05) is 13.6 Å². The zero-order chi connectivity index (χ0) is 17.7. The molecule has 1 aromatic carbocycles.